The number of fused-ring (bicyclic) bond motifs is 2. The molecule has 0 bridgehead atoms. The number of imide groups is 1. The molecule has 4 aliphatic heterocycles. The maximum Gasteiger partial charge on any atom is 0.255 e. The number of benzene rings is 3. The third kappa shape index (κ3) is 6.68. The van der Waals surface area contributed by atoms with Crippen molar-refractivity contribution in [3.63, 3.8) is 0 Å². The fraction of sp³-hybridized carbons (Fsp3) is 0.512. The second kappa shape index (κ2) is 13.9. The fourth-order valence-corrected chi connectivity index (χ4v) is 9.94. The number of amides is 3. The van der Waals surface area contributed by atoms with Crippen molar-refractivity contribution >= 4 is 29.1 Å². The van der Waals surface area contributed by atoms with E-state index in [0.29, 0.717) is 42.0 Å². The molecule has 2 N–H and O–H groups in total. The van der Waals surface area contributed by atoms with Crippen LogP contribution in [0.15, 0.2) is 60.7 Å². The molecule has 3 atom stereocenters. The number of piperazine rings is 1. The SMILES string of the molecule is O=C1CC[C@@H](N2Cc3cc(N4CCN(CC5CCN(c6ccc([C@@H]7c8ccc(O)cc8CC[C@@H]7CC7CC7)cc6)CC5)CC4)ccc3C2=O)C(=O)N1. The number of hydrogen-bond acceptors (Lipinski definition) is 7. The predicted octanol–water partition coefficient (Wildman–Crippen LogP) is 5.69. The van der Waals surface area contributed by atoms with Gasteiger partial charge in [-0.2, -0.15) is 0 Å². The van der Waals surface area contributed by atoms with Crippen molar-refractivity contribution < 1.29 is 19.5 Å². The number of piperidine rings is 2. The van der Waals surface area contributed by atoms with Gasteiger partial charge in [-0.25, -0.2) is 0 Å². The average molecular weight is 702 g/mol. The molecule has 52 heavy (non-hydrogen) atoms. The van der Waals surface area contributed by atoms with E-state index in [0.717, 1.165) is 69.4 Å². The molecule has 3 saturated heterocycles. The van der Waals surface area contributed by atoms with Crippen LogP contribution >= 0.6 is 0 Å². The van der Waals surface area contributed by atoms with Crippen LogP contribution in [0.3, 0.4) is 0 Å². The molecule has 0 spiro atoms. The Hall–Kier alpha value is -4.37. The summed E-state index contributed by atoms with van der Waals surface area (Å²) >= 11 is 0. The standard InChI is InChI=1S/C43H51N5O4/c49-36-10-12-37-31(25-36)3-4-32(23-28-1-2-28)41(37)30-5-7-34(8-6-30)46-17-15-29(16-18-46)26-45-19-21-47(22-20-45)35-9-11-38-33(24-35)27-48(43(38)52)39-13-14-40(50)44-42(39)51/h5-12,24-25,28-29,32,39,41,49H,1-4,13-23,26-27H2,(H,44,50,51)/t32-,39-,41+/m1/s1. The lowest BCUT2D eigenvalue weighted by Gasteiger charge is -2.40. The van der Waals surface area contributed by atoms with Crippen LogP contribution in [0.25, 0.3) is 0 Å². The highest BCUT2D eigenvalue weighted by Crippen LogP contribution is 2.48. The summed E-state index contributed by atoms with van der Waals surface area (Å²) < 4.78 is 0. The smallest absolute Gasteiger partial charge is 0.255 e. The third-order valence-corrected chi connectivity index (χ3v) is 13.0. The number of carbonyl (C=O) groups excluding carboxylic acids is 3. The van der Waals surface area contributed by atoms with Gasteiger partial charge in [0.1, 0.15) is 11.8 Å². The summed E-state index contributed by atoms with van der Waals surface area (Å²) in [5.74, 6) is 2.37. The highest BCUT2D eigenvalue weighted by atomic mass is 16.3. The molecule has 3 aromatic carbocycles. The van der Waals surface area contributed by atoms with Gasteiger partial charge in [-0.3, -0.25) is 24.6 Å². The average Bonchev–Trinajstić information content (AvgIpc) is 3.92. The minimum absolute atomic E-state index is 0.116. The van der Waals surface area contributed by atoms with E-state index in [1.807, 2.05) is 18.2 Å². The van der Waals surface area contributed by atoms with Gasteiger partial charge < -0.3 is 19.8 Å². The minimum atomic E-state index is -0.580. The van der Waals surface area contributed by atoms with Crippen LogP contribution in [0.1, 0.15) is 89.9 Å². The molecule has 1 saturated carbocycles. The van der Waals surface area contributed by atoms with E-state index in [-0.39, 0.29) is 24.1 Å². The van der Waals surface area contributed by atoms with E-state index in [4.69, 9.17) is 0 Å². The Bertz CT molecular complexity index is 1840. The van der Waals surface area contributed by atoms with Crippen molar-refractivity contribution in [1.82, 2.24) is 15.1 Å². The summed E-state index contributed by atoms with van der Waals surface area (Å²) in [4.78, 5) is 46.5. The number of aryl methyl sites for hydroxylation is 1. The lowest BCUT2D eigenvalue weighted by atomic mass is 9.70. The zero-order valence-electron chi connectivity index (χ0n) is 30.1. The van der Waals surface area contributed by atoms with Gasteiger partial charge in [0.05, 0.1) is 0 Å². The Morgan fingerprint density at radius 1 is 0.692 bits per heavy atom. The van der Waals surface area contributed by atoms with Crippen molar-refractivity contribution in [2.24, 2.45) is 17.8 Å². The van der Waals surface area contributed by atoms with Crippen LogP contribution in [0.2, 0.25) is 0 Å². The molecule has 9 heteroatoms. The molecule has 0 radical (unpaired) electrons. The topological polar surface area (TPSA) is 96.4 Å². The summed E-state index contributed by atoms with van der Waals surface area (Å²) in [6, 6.07) is 21.1. The molecular weight excluding hydrogens is 651 g/mol. The van der Waals surface area contributed by atoms with Gasteiger partial charge >= 0.3 is 0 Å². The van der Waals surface area contributed by atoms with E-state index in [1.54, 1.807) is 4.90 Å². The molecule has 0 aromatic heterocycles. The number of phenolic OH excluding ortho intramolecular Hbond substituents is 1. The maximum atomic E-state index is 13.1. The number of nitrogens with zero attached hydrogens (tertiary/aromatic N) is 4. The van der Waals surface area contributed by atoms with Gasteiger partial charge in [0, 0.05) is 81.6 Å². The Kier molecular flexibility index (Phi) is 8.93. The zero-order valence-corrected chi connectivity index (χ0v) is 30.1. The van der Waals surface area contributed by atoms with Crippen molar-refractivity contribution in [3.05, 3.63) is 88.5 Å². The van der Waals surface area contributed by atoms with E-state index >= 15 is 0 Å². The van der Waals surface area contributed by atoms with Gasteiger partial charge in [0.15, 0.2) is 0 Å². The van der Waals surface area contributed by atoms with E-state index in [9.17, 15) is 19.5 Å². The van der Waals surface area contributed by atoms with Crippen LogP contribution < -0.4 is 15.1 Å². The molecule has 2 aliphatic carbocycles. The van der Waals surface area contributed by atoms with E-state index in [2.05, 4.69) is 62.5 Å². The highest BCUT2D eigenvalue weighted by Gasteiger charge is 2.40. The van der Waals surface area contributed by atoms with E-state index in [1.165, 1.54) is 60.9 Å². The molecule has 9 nitrogen and oxygen atoms in total. The first-order valence-electron chi connectivity index (χ1n) is 19.8. The first-order chi connectivity index (χ1) is 25.4. The van der Waals surface area contributed by atoms with Crippen molar-refractivity contribution in [2.75, 3.05) is 55.6 Å². The summed E-state index contributed by atoms with van der Waals surface area (Å²) in [6.45, 7) is 7.76. The number of aromatic hydroxyl groups is 1. The first kappa shape index (κ1) is 33.5. The van der Waals surface area contributed by atoms with Gasteiger partial charge in [-0.15, -0.1) is 0 Å². The Morgan fingerprint density at radius 2 is 1.44 bits per heavy atom. The Labute approximate surface area is 307 Å². The molecule has 4 heterocycles. The van der Waals surface area contributed by atoms with Gasteiger partial charge in [0.25, 0.3) is 5.91 Å². The maximum absolute atomic E-state index is 13.1. The van der Waals surface area contributed by atoms with Gasteiger partial charge in [0.2, 0.25) is 11.8 Å². The highest BCUT2D eigenvalue weighted by molar-refractivity contribution is 6.05. The van der Waals surface area contributed by atoms with Gasteiger partial charge in [-0.05, 0) is 121 Å². The zero-order chi connectivity index (χ0) is 35.3. The fourth-order valence-electron chi connectivity index (χ4n) is 9.94. The summed E-state index contributed by atoms with van der Waals surface area (Å²) in [6.07, 6.45) is 9.50. The number of rotatable bonds is 8. The largest absolute Gasteiger partial charge is 0.508 e. The Morgan fingerprint density at radius 3 is 2.19 bits per heavy atom. The molecule has 0 unspecified atom stereocenters. The number of anilines is 2. The summed E-state index contributed by atoms with van der Waals surface area (Å²) in [5.41, 5.74) is 8.29. The molecule has 9 rings (SSSR count). The van der Waals surface area contributed by atoms with Crippen LogP contribution in [0.5, 0.6) is 5.75 Å². The molecule has 272 valence electrons. The second-order valence-electron chi connectivity index (χ2n) is 16.4. The van der Waals surface area contributed by atoms with Crippen molar-refractivity contribution in [1.29, 1.82) is 0 Å². The molecule has 3 amide bonds. The third-order valence-electron chi connectivity index (χ3n) is 13.0. The normalized spacial score (nSPS) is 25.7. The first-order valence-corrected chi connectivity index (χ1v) is 19.8. The Balaban J connectivity index is 0.765. The summed E-state index contributed by atoms with van der Waals surface area (Å²) in [5, 5.41) is 12.5. The number of nitrogens with one attached hydrogen (secondary N) is 1. The molecule has 3 aromatic rings. The second-order valence-corrected chi connectivity index (χ2v) is 16.4. The van der Waals surface area contributed by atoms with Crippen molar-refractivity contribution in [3.8, 4) is 5.75 Å². The quantitative estimate of drug-likeness (QED) is 0.292. The summed E-state index contributed by atoms with van der Waals surface area (Å²) in [7, 11) is 0. The minimum Gasteiger partial charge on any atom is -0.508 e. The lowest BCUT2D eigenvalue weighted by molar-refractivity contribution is -0.136. The van der Waals surface area contributed by atoms with Crippen LogP contribution in [-0.4, -0.2) is 84.5 Å². The van der Waals surface area contributed by atoms with Crippen molar-refractivity contribution in [2.45, 2.75) is 76.3 Å². The molecular formula is C43H51N5O4. The van der Waals surface area contributed by atoms with Crippen LogP contribution in [0, 0.1) is 17.8 Å². The molecule has 6 aliphatic rings. The van der Waals surface area contributed by atoms with Crippen LogP contribution in [-0.2, 0) is 22.6 Å². The van der Waals surface area contributed by atoms with Crippen LogP contribution in [0.4, 0.5) is 11.4 Å². The number of phenols is 1. The van der Waals surface area contributed by atoms with E-state index < -0.39 is 6.04 Å². The monoisotopic (exact) mass is 701 g/mol. The number of hydrogen-bond donors (Lipinski definition) is 2. The number of carbonyl (C=O) groups is 3. The predicted molar refractivity (Wildman–Crippen MR) is 202 cm³/mol. The molecule has 4 fully saturated rings. The lowest BCUT2D eigenvalue weighted by Crippen LogP contribution is -2.52. The van der Waals surface area contributed by atoms with Gasteiger partial charge in [-0.1, -0.05) is 31.0 Å².